The first kappa shape index (κ1) is 14.8. The largest absolute Gasteiger partial charge is 0.380 e. The molecule has 4 atom stereocenters. The van der Waals surface area contributed by atoms with Gasteiger partial charge in [-0.3, -0.25) is 9.80 Å². The minimum absolute atomic E-state index is 0.478. The molecule has 1 saturated carbocycles. The Morgan fingerprint density at radius 2 is 1.85 bits per heavy atom. The minimum Gasteiger partial charge on any atom is -0.380 e. The summed E-state index contributed by atoms with van der Waals surface area (Å²) in [6, 6.07) is 2.22. The van der Waals surface area contributed by atoms with Gasteiger partial charge in [0.2, 0.25) is 0 Å². The van der Waals surface area contributed by atoms with Gasteiger partial charge in [0.15, 0.2) is 0 Å². The minimum atomic E-state index is 0.478. The first-order valence-electron chi connectivity index (χ1n) is 8.73. The predicted molar refractivity (Wildman–Crippen MR) is 83.0 cm³/mol. The Morgan fingerprint density at radius 3 is 2.60 bits per heavy atom. The second kappa shape index (κ2) is 6.33. The summed E-state index contributed by atoms with van der Waals surface area (Å²) in [5, 5.41) is 0. The van der Waals surface area contributed by atoms with Gasteiger partial charge in [-0.1, -0.05) is 20.3 Å². The Kier molecular flexibility index (Phi) is 4.68. The van der Waals surface area contributed by atoms with Crippen LogP contribution in [-0.2, 0) is 4.74 Å². The second-order valence-electron chi connectivity index (χ2n) is 7.43. The molecule has 0 spiro atoms. The van der Waals surface area contributed by atoms with Gasteiger partial charge in [0.25, 0.3) is 0 Å². The summed E-state index contributed by atoms with van der Waals surface area (Å²) in [5.41, 5.74) is 0. The van der Waals surface area contributed by atoms with Crippen molar-refractivity contribution in [3.05, 3.63) is 0 Å². The summed E-state index contributed by atoms with van der Waals surface area (Å²) in [6.07, 6.45) is 8.67. The molecule has 0 N–H and O–H groups in total. The van der Waals surface area contributed by atoms with Crippen LogP contribution in [0.25, 0.3) is 0 Å². The van der Waals surface area contributed by atoms with Gasteiger partial charge in [0, 0.05) is 38.3 Å². The zero-order chi connectivity index (χ0) is 14.1. The van der Waals surface area contributed by atoms with Crippen LogP contribution in [0.5, 0.6) is 0 Å². The number of ether oxygens (including phenoxy) is 1. The van der Waals surface area contributed by atoms with E-state index >= 15 is 0 Å². The van der Waals surface area contributed by atoms with Crippen molar-refractivity contribution in [3.8, 4) is 0 Å². The summed E-state index contributed by atoms with van der Waals surface area (Å²) in [4.78, 5) is 5.62. The van der Waals surface area contributed by atoms with E-state index in [4.69, 9.17) is 4.74 Å². The van der Waals surface area contributed by atoms with E-state index in [1.165, 1.54) is 58.2 Å². The van der Waals surface area contributed by atoms with Crippen LogP contribution in [0.4, 0.5) is 0 Å². The number of piperidine rings is 1. The fourth-order valence-corrected chi connectivity index (χ4v) is 4.77. The summed E-state index contributed by atoms with van der Waals surface area (Å²) in [5.74, 6) is 0.746. The smallest absolute Gasteiger partial charge is 0.0726 e. The van der Waals surface area contributed by atoms with Crippen molar-refractivity contribution in [1.29, 1.82) is 0 Å². The molecule has 2 aliphatic heterocycles. The van der Waals surface area contributed by atoms with E-state index in [1.807, 2.05) is 7.11 Å². The summed E-state index contributed by atoms with van der Waals surface area (Å²) < 4.78 is 5.79. The highest BCUT2D eigenvalue weighted by Crippen LogP contribution is 2.34. The molecule has 3 rings (SSSR count). The molecule has 0 radical (unpaired) electrons. The molecule has 3 heteroatoms. The van der Waals surface area contributed by atoms with Crippen LogP contribution in [-0.4, -0.2) is 60.8 Å². The van der Waals surface area contributed by atoms with Gasteiger partial charge in [0.1, 0.15) is 0 Å². The highest BCUT2D eigenvalue weighted by molar-refractivity contribution is 4.98. The Labute approximate surface area is 124 Å². The van der Waals surface area contributed by atoms with Gasteiger partial charge in [-0.15, -0.1) is 0 Å². The fourth-order valence-electron chi connectivity index (χ4n) is 4.77. The van der Waals surface area contributed by atoms with Crippen molar-refractivity contribution in [2.45, 2.75) is 76.6 Å². The lowest BCUT2D eigenvalue weighted by atomic mass is 9.90. The highest BCUT2D eigenvalue weighted by atomic mass is 16.5. The molecule has 0 amide bonds. The number of rotatable bonds is 3. The molecule has 2 saturated heterocycles. The lowest BCUT2D eigenvalue weighted by molar-refractivity contribution is -0.0607. The van der Waals surface area contributed by atoms with Gasteiger partial charge in [-0.05, 0) is 44.6 Å². The normalized spacial score (nSPS) is 40.2. The van der Waals surface area contributed by atoms with Crippen molar-refractivity contribution in [3.63, 3.8) is 0 Å². The van der Waals surface area contributed by atoms with Crippen LogP contribution < -0.4 is 0 Å². The van der Waals surface area contributed by atoms with E-state index in [-0.39, 0.29) is 0 Å². The molecule has 116 valence electrons. The zero-order valence-electron chi connectivity index (χ0n) is 13.6. The van der Waals surface area contributed by atoms with E-state index < -0.39 is 0 Å². The third-order valence-corrected chi connectivity index (χ3v) is 5.93. The van der Waals surface area contributed by atoms with Gasteiger partial charge in [-0.25, -0.2) is 0 Å². The number of hydrogen-bond donors (Lipinski definition) is 0. The van der Waals surface area contributed by atoms with Crippen LogP contribution in [0.2, 0.25) is 0 Å². The lowest BCUT2D eigenvalue weighted by Crippen LogP contribution is -2.64. The zero-order valence-corrected chi connectivity index (χ0v) is 13.6. The Bertz CT molecular complexity index is 320. The molecule has 0 aromatic heterocycles. The number of methoxy groups -OCH3 is 1. The first-order valence-corrected chi connectivity index (χ1v) is 8.73. The molecule has 1 aliphatic carbocycles. The first-order chi connectivity index (χ1) is 9.70. The third kappa shape index (κ3) is 2.77. The van der Waals surface area contributed by atoms with Gasteiger partial charge in [-0.2, -0.15) is 0 Å². The molecule has 0 bridgehead atoms. The van der Waals surface area contributed by atoms with E-state index in [2.05, 4.69) is 23.6 Å². The van der Waals surface area contributed by atoms with Gasteiger partial charge in [0.05, 0.1) is 6.10 Å². The van der Waals surface area contributed by atoms with Crippen molar-refractivity contribution >= 4 is 0 Å². The molecule has 20 heavy (non-hydrogen) atoms. The molecule has 0 aromatic carbocycles. The maximum absolute atomic E-state index is 5.79. The highest BCUT2D eigenvalue weighted by Gasteiger charge is 2.42. The average Bonchev–Trinajstić information content (AvgIpc) is 2.94. The van der Waals surface area contributed by atoms with E-state index in [9.17, 15) is 0 Å². The van der Waals surface area contributed by atoms with E-state index in [0.717, 1.165) is 18.0 Å². The van der Waals surface area contributed by atoms with Crippen LogP contribution in [0.1, 0.15) is 52.4 Å². The van der Waals surface area contributed by atoms with Crippen LogP contribution in [0.15, 0.2) is 0 Å². The monoisotopic (exact) mass is 280 g/mol. The Hall–Kier alpha value is -0.120. The van der Waals surface area contributed by atoms with Gasteiger partial charge >= 0.3 is 0 Å². The quantitative estimate of drug-likeness (QED) is 0.790. The van der Waals surface area contributed by atoms with E-state index in [1.54, 1.807) is 0 Å². The molecular weight excluding hydrogens is 248 g/mol. The summed E-state index contributed by atoms with van der Waals surface area (Å²) in [6.45, 7) is 8.71. The molecular formula is C17H32N2O. The molecule has 3 aliphatic rings. The number of nitrogens with zero attached hydrogens (tertiary/aromatic N) is 2. The number of fused-ring (bicyclic) bond motifs is 1. The summed E-state index contributed by atoms with van der Waals surface area (Å²) in [7, 11) is 1.91. The van der Waals surface area contributed by atoms with Crippen LogP contribution in [0.3, 0.4) is 0 Å². The van der Waals surface area contributed by atoms with Crippen molar-refractivity contribution in [2.75, 3.05) is 26.7 Å². The molecule has 3 fully saturated rings. The molecule has 3 nitrogen and oxygen atoms in total. The predicted octanol–water partition coefficient (Wildman–Crippen LogP) is 2.75. The maximum Gasteiger partial charge on any atom is 0.0726 e. The standard InChI is InChI=1S/C17H32N2O/c1-13(2)16-12-18-10-5-4-7-14(18)11-19(16)15-8-6-9-17(15)20-3/h13-17H,4-12H2,1-3H3. The van der Waals surface area contributed by atoms with Crippen molar-refractivity contribution < 1.29 is 4.74 Å². The maximum atomic E-state index is 5.79. The fraction of sp³-hybridized carbons (Fsp3) is 1.00. The topological polar surface area (TPSA) is 15.7 Å². The lowest BCUT2D eigenvalue weighted by Gasteiger charge is -2.52. The molecule has 2 heterocycles. The van der Waals surface area contributed by atoms with Crippen LogP contribution in [0, 0.1) is 5.92 Å². The summed E-state index contributed by atoms with van der Waals surface area (Å²) >= 11 is 0. The van der Waals surface area contributed by atoms with Crippen molar-refractivity contribution in [2.24, 2.45) is 5.92 Å². The third-order valence-electron chi connectivity index (χ3n) is 5.93. The van der Waals surface area contributed by atoms with E-state index in [0.29, 0.717) is 12.1 Å². The Balaban J connectivity index is 1.75. The van der Waals surface area contributed by atoms with Crippen LogP contribution >= 0.6 is 0 Å². The average molecular weight is 280 g/mol. The number of piperazine rings is 1. The molecule has 4 unspecified atom stereocenters. The van der Waals surface area contributed by atoms with Gasteiger partial charge < -0.3 is 4.74 Å². The SMILES string of the molecule is COC1CCCC1N1CC2CCCCN2CC1C(C)C. The Morgan fingerprint density at radius 1 is 1.00 bits per heavy atom. The second-order valence-corrected chi connectivity index (χ2v) is 7.43. The molecule has 0 aromatic rings. The van der Waals surface area contributed by atoms with Crippen molar-refractivity contribution in [1.82, 2.24) is 9.80 Å². The number of hydrogen-bond acceptors (Lipinski definition) is 3.